The van der Waals surface area contributed by atoms with E-state index in [9.17, 15) is 8.42 Å². The van der Waals surface area contributed by atoms with Gasteiger partial charge >= 0.3 is 0 Å². The maximum absolute atomic E-state index is 11.9. The highest BCUT2D eigenvalue weighted by atomic mass is 32.8. The van der Waals surface area contributed by atoms with Crippen molar-refractivity contribution in [1.82, 2.24) is 9.34 Å². The molecule has 2 heterocycles. The fourth-order valence-electron chi connectivity index (χ4n) is 2.34. The molecule has 2 rings (SSSR count). The molecule has 0 spiro atoms. The molecule has 0 aliphatic carbocycles. The topological polar surface area (TPSA) is 40.6 Å². The molecule has 0 bridgehead atoms. The van der Waals surface area contributed by atoms with Crippen LogP contribution in [0.15, 0.2) is 0 Å². The van der Waals surface area contributed by atoms with Crippen molar-refractivity contribution in [3.05, 3.63) is 0 Å². The summed E-state index contributed by atoms with van der Waals surface area (Å²) in [6.07, 6.45) is 6.02. The molecular formula is C9H19N2O2PS. The van der Waals surface area contributed by atoms with Crippen molar-refractivity contribution >= 4 is 16.9 Å². The van der Waals surface area contributed by atoms with Crippen LogP contribution in [0.2, 0.25) is 0 Å². The fourth-order valence-corrected chi connectivity index (χ4v) is 8.29. The number of hydrogen-bond donors (Lipinski definition) is 0. The minimum absolute atomic E-state index is 0.968. The highest BCUT2D eigenvalue weighted by molar-refractivity contribution is 8.48. The Hall–Kier alpha value is 0.300. The van der Waals surface area contributed by atoms with E-state index in [-0.39, 0.29) is 0 Å². The molecule has 0 radical (unpaired) electrons. The maximum Gasteiger partial charge on any atom is 0.193 e. The summed E-state index contributed by atoms with van der Waals surface area (Å²) >= 11 is 0. The van der Waals surface area contributed by atoms with Crippen molar-refractivity contribution in [2.75, 3.05) is 32.4 Å². The second-order valence-electron chi connectivity index (χ2n) is 4.31. The number of nitrogens with zero attached hydrogens (tertiary/aromatic N) is 2. The molecule has 15 heavy (non-hydrogen) atoms. The van der Waals surface area contributed by atoms with Gasteiger partial charge in [0.1, 0.15) is 0 Å². The molecule has 0 saturated carbocycles. The Bertz CT molecular complexity index is 292. The van der Waals surface area contributed by atoms with Crippen LogP contribution >= 0.6 is 7.42 Å². The average Bonchev–Trinajstić information content (AvgIpc) is 2.73. The van der Waals surface area contributed by atoms with Crippen LogP contribution in [-0.4, -0.2) is 50.2 Å². The molecule has 4 nitrogen and oxygen atoms in total. The van der Waals surface area contributed by atoms with Crippen LogP contribution in [-0.2, 0) is 9.46 Å². The second kappa shape index (κ2) is 4.66. The number of hydrogen-bond acceptors (Lipinski definition) is 4. The van der Waals surface area contributed by atoms with Gasteiger partial charge in [-0.15, -0.1) is 0 Å². The summed E-state index contributed by atoms with van der Waals surface area (Å²) < 4.78 is 28.1. The normalized spacial score (nSPS) is 25.5. The third-order valence-electron chi connectivity index (χ3n) is 2.95. The van der Waals surface area contributed by atoms with Gasteiger partial charge in [-0.05, 0) is 25.7 Å². The summed E-state index contributed by atoms with van der Waals surface area (Å²) in [5.74, 6) is 0. The van der Waals surface area contributed by atoms with Crippen molar-refractivity contribution in [3.8, 4) is 0 Å². The van der Waals surface area contributed by atoms with Gasteiger partial charge in [0.15, 0.2) is 16.9 Å². The molecule has 2 aliphatic heterocycles. The van der Waals surface area contributed by atoms with Crippen LogP contribution in [0.4, 0.5) is 0 Å². The molecule has 2 saturated heterocycles. The monoisotopic (exact) mass is 250 g/mol. The van der Waals surface area contributed by atoms with E-state index in [4.69, 9.17) is 0 Å². The van der Waals surface area contributed by atoms with Crippen LogP contribution in [0, 0.1) is 0 Å². The lowest BCUT2D eigenvalue weighted by atomic mass is 10.4. The highest BCUT2D eigenvalue weighted by Gasteiger charge is 2.36. The van der Waals surface area contributed by atoms with Crippen LogP contribution in [0.5, 0.6) is 0 Å². The zero-order chi connectivity index (χ0) is 10.9. The highest BCUT2D eigenvalue weighted by Crippen LogP contribution is 2.52. The summed E-state index contributed by atoms with van der Waals surface area (Å²) in [7, 11) is -3.98. The number of rotatable bonds is 3. The van der Waals surface area contributed by atoms with Gasteiger partial charge in [0.05, 0.1) is 0 Å². The van der Waals surface area contributed by atoms with E-state index >= 15 is 0 Å². The fraction of sp³-hybridized carbons (Fsp3) is 1.00. The first-order valence-corrected chi connectivity index (χ1v) is 9.33. The largest absolute Gasteiger partial charge is 0.257 e. The Morgan fingerprint density at radius 1 is 0.867 bits per heavy atom. The molecule has 0 atom stereocenters. The second-order valence-corrected chi connectivity index (χ2v) is 10.4. The quantitative estimate of drug-likeness (QED) is 0.711. The maximum atomic E-state index is 11.9. The molecule has 88 valence electrons. The van der Waals surface area contributed by atoms with Gasteiger partial charge in [0.25, 0.3) is 0 Å². The summed E-state index contributed by atoms with van der Waals surface area (Å²) in [5.41, 5.74) is 0. The van der Waals surface area contributed by atoms with E-state index in [0.29, 0.717) is 0 Å². The van der Waals surface area contributed by atoms with Crippen molar-refractivity contribution in [3.63, 3.8) is 0 Å². The molecule has 6 heteroatoms. The van der Waals surface area contributed by atoms with E-state index < -0.39 is 16.9 Å². The summed E-state index contributed by atoms with van der Waals surface area (Å²) in [6.45, 7) is 3.87. The Kier molecular flexibility index (Phi) is 3.66. The van der Waals surface area contributed by atoms with Crippen LogP contribution < -0.4 is 0 Å². The Labute approximate surface area is 93.2 Å². The Balaban J connectivity index is 2.15. The van der Waals surface area contributed by atoms with E-state index in [1.807, 2.05) is 0 Å². The molecule has 0 aromatic rings. The van der Waals surface area contributed by atoms with Gasteiger partial charge < -0.3 is 0 Å². The first-order valence-electron chi connectivity index (χ1n) is 5.59. The van der Waals surface area contributed by atoms with E-state index in [1.54, 1.807) is 0 Å². The van der Waals surface area contributed by atoms with Gasteiger partial charge in [0, 0.05) is 32.4 Å². The first kappa shape index (κ1) is 11.8. The van der Waals surface area contributed by atoms with Gasteiger partial charge in [0.2, 0.25) is 0 Å². The minimum atomic E-state index is -2.92. The molecule has 0 aromatic heterocycles. The molecule has 0 unspecified atom stereocenters. The van der Waals surface area contributed by atoms with Gasteiger partial charge in [-0.1, -0.05) is 0 Å². The summed E-state index contributed by atoms with van der Waals surface area (Å²) in [6, 6.07) is 0. The van der Waals surface area contributed by atoms with Gasteiger partial charge in [-0.25, -0.2) is 8.42 Å². The first-order chi connectivity index (χ1) is 7.09. The molecule has 0 N–H and O–H groups in total. The zero-order valence-electron chi connectivity index (χ0n) is 9.22. The molecule has 0 amide bonds. The predicted molar refractivity (Wildman–Crippen MR) is 63.4 cm³/mol. The predicted octanol–water partition coefficient (Wildman–Crippen LogP) is 1.45. The van der Waals surface area contributed by atoms with Gasteiger partial charge in [-0.3, -0.25) is 9.34 Å². The minimum Gasteiger partial charge on any atom is -0.257 e. The lowest BCUT2D eigenvalue weighted by molar-refractivity contribution is 0.482. The average molecular weight is 250 g/mol. The lowest BCUT2D eigenvalue weighted by Crippen LogP contribution is -2.28. The molecule has 0 aromatic carbocycles. The van der Waals surface area contributed by atoms with Crippen LogP contribution in [0.3, 0.4) is 0 Å². The van der Waals surface area contributed by atoms with E-state index in [2.05, 4.69) is 9.34 Å². The van der Waals surface area contributed by atoms with Crippen molar-refractivity contribution in [2.24, 2.45) is 0 Å². The Morgan fingerprint density at radius 2 is 1.20 bits per heavy atom. The van der Waals surface area contributed by atoms with E-state index in [1.165, 1.54) is 6.26 Å². The SMILES string of the molecule is CS(=O)(=O)P(N1CCCC1)N1CCCC1. The van der Waals surface area contributed by atoms with Crippen molar-refractivity contribution < 1.29 is 8.42 Å². The molecule has 2 aliphatic rings. The standard InChI is InChI=1S/C9H19N2O2PS/c1-15(12,13)14(10-6-2-3-7-10)11-8-4-5-9-11/h2-9H2,1H3. The Morgan fingerprint density at radius 3 is 1.47 bits per heavy atom. The summed E-state index contributed by atoms with van der Waals surface area (Å²) in [4.78, 5) is 0. The third kappa shape index (κ3) is 2.70. The zero-order valence-corrected chi connectivity index (χ0v) is 10.9. The molecule has 2 fully saturated rings. The third-order valence-corrected chi connectivity index (χ3v) is 8.47. The molecular weight excluding hydrogens is 231 g/mol. The van der Waals surface area contributed by atoms with Crippen LogP contribution in [0.25, 0.3) is 0 Å². The van der Waals surface area contributed by atoms with E-state index in [0.717, 1.165) is 51.9 Å². The summed E-state index contributed by atoms with van der Waals surface area (Å²) in [5, 5.41) is 0. The van der Waals surface area contributed by atoms with Gasteiger partial charge in [-0.2, -0.15) is 0 Å². The van der Waals surface area contributed by atoms with Crippen LogP contribution in [0.1, 0.15) is 25.7 Å². The lowest BCUT2D eigenvalue weighted by Gasteiger charge is -2.32. The van der Waals surface area contributed by atoms with Crippen molar-refractivity contribution in [1.29, 1.82) is 0 Å². The smallest absolute Gasteiger partial charge is 0.193 e. The van der Waals surface area contributed by atoms with Crippen molar-refractivity contribution in [2.45, 2.75) is 25.7 Å².